The Balaban J connectivity index is -0.00000000333. The monoisotopic (exact) mass is 153 g/mol. The van der Waals surface area contributed by atoms with Gasteiger partial charge in [0.05, 0.1) is 0 Å². The van der Waals surface area contributed by atoms with Crippen LogP contribution in [-0.4, -0.2) is 0 Å². The smallest absolute Gasteiger partial charge is 0.335 e. The molecule has 0 rings (SSSR count). The Kier molecular flexibility index (Phi) is 158. The average molecular weight is 153 g/mol. The van der Waals surface area contributed by atoms with E-state index in [2.05, 4.69) is 0 Å². The van der Waals surface area contributed by atoms with Crippen LogP contribution in [0, 0.1) is 6.42 Å². The molecule has 0 saturated heterocycles. The minimum atomic E-state index is 0. The van der Waals surface area contributed by atoms with Crippen LogP contribution in [0.25, 0.3) is 0 Å². The maximum atomic E-state index is 2.00. The summed E-state index contributed by atoms with van der Waals surface area (Å²) in [5.74, 6) is 0. The molecule has 0 heterocycles. The molecule has 0 amide bonds. The fraction of sp³-hybridized carbons (Fsp3) is 0.800. The zero-order valence-electron chi connectivity index (χ0n) is 4.58. The van der Waals surface area contributed by atoms with E-state index >= 15 is 0 Å². The Bertz CT molecular complexity index is 6.04. The first kappa shape index (κ1) is 31.8. The van der Waals surface area contributed by atoms with Crippen molar-refractivity contribution in [2.45, 2.75) is 28.7 Å². The van der Waals surface area contributed by atoms with Crippen molar-refractivity contribution in [1.82, 2.24) is 0 Å². The average Bonchev–Trinajstić information content (AvgIpc) is 0.918. The predicted octanol–water partition coefficient (Wildman–Crippen LogP) is -3.49. The first-order chi connectivity index (χ1) is 1.41. The van der Waals surface area contributed by atoms with E-state index in [0.29, 0.717) is 0 Å². The molecule has 7 heavy (non-hydrogen) atoms. The summed E-state index contributed by atoms with van der Waals surface area (Å²) in [5.41, 5.74) is 0. The summed E-state index contributed by atoms with van der Waals surface area (Å²) in [6, 6.07) is 0. The van der Waals surface area contributed by atoms with Crippen molar-refractivity contribution < 1.29 is 103 Å². The molecule has 0 aliphatic rings. The van der Waals surface area contributed by atoms with E-state index in [1.54, 1.807) is 0 Å². The predicted molar refractivity (Wildman–Crippen MR) is 29.1 cm³/mol. The van der Waals surface area contributed by atoms with Crippen LogP contribution in [0.15, 0.2) is 0 Å². The van der Waals surface area contributed by atoms with Crippen molar-refractivity contribution in [2.75, 3.05) is 0 Å². The fourth-order valence-corrected chi connectivity index (χ4v) is 0. The van der Waals surface area contributed by atoms with Gasteiger partial charge in [-0.15, -0.1) is 0 Å². The van der Waals surface area contributed by atoms with Crippen LogP contribution in [0.1, 0.15) is 28.7 Å². The van der Waals surface area contributed by atoms with Gasteiger partial charge in [0.2, 0.25) is 0 Å². The number of hydrogen-bond donors (Lipinski definition) is 0. The van der Waals surface area contributed by atoms with E-state index in [-0.39, 0.29) is 118 Å². The Morgan fingerprint density at radius 2 is 0.857 bits per heavy atom. The molecule has 0 saturated carbocycles. The third kappa shape index (κ3) is 45.8. The maximum Gasteiger partial charge on any atom is 1.00 e. The standard InChI is InChI=1S/C3H7.2CH4.2K/c1-3-2;;;;/h3H,1-2H3;2*1H4;;/q-1;;;2*+1. The molecule has 0 unspecified atom stereocenters. The summed E-state index contributed by atoms with van der Waals surface area (Å²) in [7, 11) is 0. The molecule has 0 atom stereocenters. The molecule has 0 spiro atoms. The van der Waals surface area contributed by atoms with E-state index < -0.39 is 0 Å². The largest absolute Gasteiger partial charge is 1.00 e. The first-order valence-corrected chi connectivity index (χ1v) is 1.15. The van der Waals surface area contributed by atoms with E-state index in [1.165, 1.54) is 0 Å². The van der Waals surface area contributed by atoms with Gasteiger partial charge >= 0.3 is 103 Å². The van der Waals surface area contributed by atoms with E-state index in [4.69, 9.17) is 0 Å². The summed E-state index contributed by atoms with van der Waals surface area (Å²) < 4.78 is 0. The van der Waals surface area contributed by atoms with Crippen molar-refractivity contribution in [3.05, 3.63) is 6.42 Å². The molecule has 0 fully saturated rings. The zero-order valence-corrected chi connectivity index (χ0v) is 10.8. The Hall–Kier alpha value is 3.27. The van der Waals surface area contributed by atoms with Crippen molar-refractivity contribution in [3.8, 4) is 0 Å². The summed E-state index contributed by atoms with van der Waals surface area (Å²) in [6.45, 7) is 4.00. The van der Waals surface area contributed by atoms with Gasteiger partial charge in [-0.25, -0.2) is 0 Å². The van der Waals surface area contributed by atoms with Crippen molar-refractivity contribution >= 4 is 0 Å². The van der Waals surface area contributed by atoms with Crippen LogP contribution < -0.4 is 103 Å². The third-order valence-electron chi connectivity index (χ3n) is 0. The molecular weight excluding hydrogens is 138 g/mol. The third-order valence-corrected chi connectivity index (χ3v) is 0. The first-order valence-electron chi connectivity index (χ1n) is 1.15. The molecule has 0 aliphatic carbocycles. The van der Waals surface area contributed by atoms with Crippen LogP contribution >= 0.6 is 0 Å². The Labute approximate surface area is 134 Å². The number of rotatable bonds is 0. The van der Waals surface area contributed by atoms with Crippen LogP contribution in [0.2, 0.25) is 0 Å². The van der Waals surface area contributed by atoms with Crippen LogP contribution in [0.5, 0.6) is 0 Å². The zero-order chi connectivity index (χ0) is 2.71. The molecule has 0 aromatic rings. The quantitative estimate of drug-likeness (QED) is 0.250. The van der Waals surface area contributed by atoms with Crippen LogP contribution in [-0.2, 0) is 0 Å². The molecule has 0 aromatic carbocycles. The second kappa shape index (κ2) is 34.8. The molecule has 0 aliphatic heterocycles. The van der Waals surface area contributed by atoms with E-state index in [1.807, 2.05) is 20.3 Å². The minimum Gasteiger partial charge on any atom is -0.335 e. The summed E-state index contributed by atoms with van der Waals surface area (Å²) >= 11 is 0. The normalized spacial score (nSPS) is 2.57. The van der Waals surface area contributed by atoms with Gasteiger partial charge in [0.15, 0.2) is 0 Å². The van der Waals surface area contributed by atoms with Crippen molar-refractivity contribution in [2.24, 2.45) is 0 Å². The fourth-order valence-electron chi connectivity index (χ4n) is 0. The topological polar surface area (TPSA) is 0 Å². The molecule has 0 bridgehead atoms. The second-order valence-corrected chi connectivity index (χ2v) is 0.577. The SMILES string of the molecule is C.C.C[CH-]C.[K+].[K+]. The molecule has 0 radical (unpaired) electrons. The second-order valence-electron chi connectivity index (χ2n) is 0.577. The van der Waals surface area contributed by atoms with E-state index in [0.717, 1.165) is 0 Å². The summed E-state index contributed by atoms with van der Waals surface area (Å²) in [5, 5.41) is 0. The van der Waals surface area contributed by atoms with Gasteiger partial charge in [-0.3, -0.25) is 0 Å². The summed E-state index contributed by atoms with van der Waals surface area (Å²) in [4.78, 5) is 0. The molecular formula is C5H15K2+. The molecule has 0 aromatic heterocycles. The summed E-state index contributed by atoms with van der Waals surface area (Å²) in [6.07, 6.45) is 2.00. The molecule has 0 nitrogen and oxygen atoms in total. The van der Waals surface area contributed by atoms with Gasteiger partial charge in [-0.05, 0) is 0 Å². The molecule has 0 N–H and O–H groups in total. The Morgan fingerprint density at radius 1 is 0.857 bits per heavy atom. The minimum absolute atomic E-state index is 0. The van der Waals surface area contributed by atoms with Crippen molar-refractivity contribution in [1.29, 1.82) is 0 Å². The van der Waals surface area contributed by atoms with Crippen LogP contribution in [0.3, 0.4) is 0 Å². The van der Waals surface area contributed by atoms with E-state index in [9.17, 15) is 0 Å². The molecule has 36 valence electrons. The van der Waals surface area contributed by atoms with Crippen LogP contribution in [0.4, 0.5) is 0 Å². The molecule has 2 heteroatoms. The number of hydrogen-bond acceptors (Lipinski definition) is 0. The van der Waals surface area contributed by atoms with Gasteiger partial charge in [-0.1, -0.05) is 14.9 Å². The van der Waals surface area contributed by atoms with Gasteiger partial charge in [0.25, 0.3) is 0 Å². The van der Waals surface area contributed by atoms with Gasteiger partial charge in [0.1, 0.15) is 0 Å². The van der Waals surface area contributed by atoms with Gasteiger partial charge < -0.3 is 6.42 Å². The van der Waals surface area contributed by atoms with Gasteiger partial charge in [-0.2, -0.15) is 13.8 Å². The maximum absolute atomic E-state index is 2.00. The van der Waals surface area contributed by atoms with Crippen molar-refractivity contribution in [3.63, 3.8) is 0 Å². The van der Waals surface area contributed by atoms with Gasteiger partial charge in [0, 0.05) is 0 Å². The Morgan fingerprint density at radius 3 is 0.857 bits per heavy atom.